The van der Waals surface area contributed by atoms with Crippen LogP contribution in [0.3, 0.4) is 0 Å². The van der Waals surface area contributed by atoms with Crippen LogP contribution < -0.4 is 10.6 Å². The minimum absolute atomic E-state index is 0.160. The van der Waals surface area contributed by atoms with Gasteiger partial charge in [-0.1, -0.05) is 65.8 Å². The van der Waals surface area contributed by atoms with E-state index in [1.807, 2.05) is 62.4 Å². The lowest BCUT2D eigenvalue weighted by Gasteiger charge is -2.29. The second-order valence-electron chi connectivity index (χ2n) is 8.84. The highest BCUT2D eigenvalue weighted by Crippen LogP contribution is 2.37. The number of rotatable bonds is 7. The van der Waals surface area contributed by atoms with Gasteiger partial charge in [-0.2, -0.15) is 4.98 Å². The van der Waals surface area contributed by atoms with Crippen molar-refractivity contribution in [3.05, 3.63) is 111 Å². The number of anilines is 2. The van der Waals surface area contributed by atoms with Crippen molar-refractivity contribution in [1.82, 2.24) is 14.8 Å². The molecule has 38 heavy (non-hydrogen) atoms. The molecule has 3 N–H and O–H groups in total. The van der Waals surface area contributed by atoms with Crippen molar-refractivity contribution in [2.75, 3.05) is 10.6 Å². The maximum absolute atomic E-state index is 13.7. The Labute approximate surface area is 228 Å². The van der Waals surface area contributed by atoms with Gasteiger partial charge in [0.25, 0.3) is 5.91 Å². The Morgan fingerprint density at radius 3 is 2.45 bits per heavy atom. The van der Waals surface area contributed by atoms with E-state index in [1.54, 1.807) is 16.8 Å². The Morgan fingerprint density at radius 2 is 1.76 bits per heavy atom. The van der Waals surface area contributed by atoms with Gasteiger partial charge in [0.2, 0.25) is 11.1 Å². The van der Waals surface area contributed by atoms with Crippen LogP contribution in [0.5, 0.6) is 0 Å². The van der Waals surface area contributed by atoms with Gasteiger partial charge in [-0.05, 0) is 60.9 Å². The number of carboxylic acid groups (broad SMARTS) is 1. The van der Waals surface area contributed by atoms with Crippen molar-refractivity contribution < 1.29 is 14.7 Å². The molecule has 1 aromatic heterocycles. The van der Waals surface area contributed by atoms with Crippen LogP contribution in [0.25, 0.3) is 0 Å². The molecule has 8 nitrogen and oxygen atoms in total. The molecule has 0 radical (unpaired) electrons. The molecule has 2 heterocycles. The van der Waals surface area contributed by atoms with Crippen LogP contribution >= 0.6 is 23.4 Å². The van der Waals surface area contributed by atoms with E-state index in [1.165, 1.54) is 23.9 Å². The van der Waals surface area contributed by atoms with Gasteiger partial charge in [0.1, 0.15) is 6.04 Å². The van der Waals surface area contributed by atoms with Crippen molar-refractivity contribution in [1.29, 1.82) is 0 Å². The van der Waals surface area contributed by atoms with E-state index in [2.05, 4.69) is 15.6 Å². The molecule has 192 valence electrons. The van der Waals surface area contributed by atoms with Gasteiger partial charge in [-0.25, -0.2) is 9.48 Å². The van der Waals surface area contributed by atoms with Crippen LogP contribution in [0, 0.1) is 6.92 Å². The van der Waals surface area contributed by atoms with Crippen LogP contribution in [-0.4, -0.2) is 31.7 Å². The van der Waals surface area contributed by atoms with Crippen molar-refractivity contribution in [2.45, 2.75) is 30.8 Å². The summed E-state index contributed by atoms with van der Waals surface area (Å²) >= 11 is 7.47. The normalized spacial score (nSPS) is 14.6. The molecule has 0 saturated heterocycles. The van der Waals surface area contributed by atoms with Crippen molar-refractivity contribution in [2.24, 2.45) is 0 Å². The predicted molar refractivity (Wildman–Crippen MR) is 149 cm³/mol. The Morgan fingerprint density at radius 1 is 1.05 bits per heavy atom. The maximum Gasteiger partial charge on any atom is 0.335 e. The number of carbonyl (C=O) groups is 2. The van der Waals surface area contributed by atoms with Gasteiger partial charge in [0, 0.05) is 22.2 Å². The number of fused-ring (bicyclic) bond motifs is 1. The van der Waals surface area contributed by atoms with E-state index in [-0.39, 0.29) is 11.5 Å². The van der Waals surface area contributed by atoms with E-state index in [0.717, 1.165) is 11.1 Å². The molecular formula is C28H24ClN5O3S. The summed E-state index contributed by atoms with van der Waals surface area (Å²) in [4.78, 5) is 29.8. The molecule has 1 aliphatic rings. The lowest BCUT2D eigenvalue weighted by Crippen LogP contribution is -2.31. The molecule has 0 saturated carbocycles. The highest BCUT2D eigenvalue weighted by Gasteiger charge is 2.34. The fourth-order valence-electron chi connectivity index (χ4n) is 4.23. The highest BCUT2D eigenvalue weighted by molar-refractivity contribution is 7.98. The summed E-state index contributed by atoms with van der Waals surface area (Å²) in [6, 6.07) is 21.0. The lowest BCUT2D eigenvalue weighted by atomic mass is 9.94. The standard InChI is InChI=1S/C28H24ClN5O3S/c1-16-5-3-4-6-22(16)31-25(35)23-17(2)30-27-32-28(38-15-18-7-13-21(29)14-8-18)33-34(27)24(23)19-9-11-20(12-10-19)26(36)37/h3-14,24H,15H2,1-2H3,(H,31,35)(H,36,37)(H,30,32,33). The zero-order valence-corrected chi connectivity index (χ0v) is 22.2. The third-order valence-electron chi connectivity index (χ3n) is 6.23. The Kier molecular flexibility index (Phi) is 7.22. The summed E-state index contributed by atoms with van der Waals surface area (Å²) in [5, 5.41) is 21.6. The minimum atomic E-state index is -1.02. The Hall–Kier alpha value is -4.08. The molecule has 0 fully saturated rings. The second kappa shape index (κ2) is 10.7. The number of carboxylic acids is 1. The smallest absolute Gasteiger partial charge is 0.335 e. The molecule has 10 heteroatoms. The fourth-order valence-corrected chi connectivity index (χ4v) is 5.15. The number of halogens is 1. The Balaban J connectivity index is 1.50. The van der Waals surface area contributed by atoms with Gasteiger partial charge in [-0.15, -0.1) is 5.10 Å². The third-order valence-corrected chi connectivity index (χ3v) is 7.39. The molecule has 1 aliphatic heterocycles. The number of benzene rings is 3. The van der Waals surface area contributed by atoms with Crippen LogP contribution in [-0.2, 0) is 10.5 Å². The monoisotopic (exact) mass is 545 g/mol. The zero-order valence-electron chi connectivity index (χ0n) is 20.6. The first-order valence-corrected chi connectivity index (χ1v) is 13.2. The number of aromatic carboxylic acids is 1. The second-order valence-corrected chi connectivity index (χ2v) is 10.2. The third kappa shape index (κ3) is 5.29. The maximum atomic E-state index is 13.7. The summed E-state index contributed by atoms with van der Waals surface area (Å²) in [6.45, 7) is 3.75. The van der Waals surface area contributed by atoms with Gasteiger partial charge in [-0.3, -0.25) is 4.79 Å². The molecule has 1 atom stereocenters. The number of nitrogens with one attached hydrogen (secondary N) is 2. The number of hydrogen-bond acceptors (Lipinski definition) is 6. The Bertz CT molecular complexity index is 1550. The van der Waals surface area contributed by atoms with Crippen LogP contribution in [0.1, 0.15) is 40.0 Å². The number of hydrogen-bond donors (Lipinski definition) is 3. The molecule has 1 amide bonds. The van der Waals surface area contributed by atoms with Gasteiger partial charge >= 0.3 is 5.97 Å². The molecule has 3 aromatic carbocycles. The summed E-state index contributed by atoms with van der Waals surface area (Å²) in [5.74, 6) is -0.159. The zero-order chi connectivity index (χ0) is 26.8. The van der Waals surface area contributed by atoms with Crippen molar-refractivity contribution in [3.63, 3.8) is 0 Å². The summed E-state index contributed by atoms with van der Waals surface area (Å²) in [5.41, 5.74) is 4.70. The lowest BCUT2D eigenvalue weighted by molar-refractivity contribution is -0.113. The summed E-state index contributed by atoms with van der Waals surface area (Å²) < 4.78 is 1.68. The molecule has 0 bridgehead atoms. The average molecular weight is 546 g/mol. The van der Waals surface area contributed by atoms with Crippen LogP contribution in [0.4, 0.5) is 11.6 Å². The SMILES string of the molecule is CC1=C(C(=O)Nc2ccccc2C)C(c2ccc(C(=O)O)cc2)n2nc(SCc3ccc(Cl)cc3)nc2N1. The first kappa shape index (κ1) is 25.6. The summed E-state index contributed by atoms with van der Waals surface area (Å²) in [7, 11) is 0. The predicted octanol–water partition coefficient (Wildman–Crippen LogP) is 6.16. The van der Waals surface area contributed by atoms with Gasteiger partial charge in [0.05, 0.1) is 11.1 Å². The molecule has 5 rings (SSSR count). The van der Waals surface area contributed by atoms with E-state index in [0.29, 0.717) is 44.4 Å². The van der Waals surface area contributed by atoms with Gasteiger partial charge < -0.3 is 15.7 Å². The molecule has 4 aromatic rings. The van der Waals surface area contributed by atoms with Crippen molar-refractivity contribution in [3.8, 4) is 0 Å². The number of thioether (sulfide) groups is 1. The number of para-hydroxylation sites is 1. The van der Waals surface area contributed by atoms with Crippen LogP contribution in [0.2, 0.25) is 5.02 Å². The topological polar surface area (TPSA) is 109 Å². The number of nitrogens with zero attached hydrogens (tertiary/aromatic N) is 3. The summed E-state index contributed by atoms with van der Waals surface area (Å²) in [6.07, 6.45) is 0. The number of allylic oxidation sites excluding steroid dienone is 1. The first-order valence-electron chi connectivity index (χ1n) is 11.8. The highest BCUT2D eigenvalue weighted by atomic mass is 35.5. The molecular weight excluding hydrogens is 522 g/mol. The van der Waals surface area contributed by atoms with Crippen LogP contribution in [0.15, 0.2) is 89.2 Å². The number of amides is 1. The van der Waals surface area contributed by atoms with Gasteiger partial charge in [0.15, 0.2) is 0 Å². The number of carbonyl (C=O) groups excluding carboxylic acids is 1. The van der Waals surface area contributed by atoms with E-state index in [4.69, 9.17) is 16.7 Å². The van der Waals surface area contributed by atoms with E-state index >= 15 is 0 Å². The van der Waals surface area contributed by atoms with Crippen molar-refractivity contribution >= 4 is 46.9 Å². The average Bonchev–Trinajstić information content (AvgIpc) is 3.31. The molecule has 1 unspecified atom stereocenters. The number of aromatic nitrogens is 3. The quantitative estimate of drug-likeness (QED) is 0.239. The molecule has 0 spiro atoms. The largest absolute Gasteiger partial charge is 0.478 e. The van der Waals surface area contributed by atoms with E-state index < -0.39 is 12.0 Å². The fraction of sp³-hybridized carbons (Fsp3) is 0.143. The number of aryl methyl sites for hydroxylation is 1. The van der Waals surface area contributed by atoms with E-state index in [9.17, 15) is 14.7 Å². The molecule has 0 aliphatic carbocycles. The first-order chi connectivity index (χ1) is 18.3. The minimum Gasteiger partial charge on any atom is -0.478 e.